The van der Waals surface area contributed by atoms with Gasteiger partial charge >= 0.3 is 5.97 Å². The molecule has 0 aromatic rings. The third-order valence-corrected chi connectivity index (χ3v) is 18.0. The zero-order valence-corrected chi connectivity index (χ0v) is 26.7. The van der Waals surface area contributed by atoms with Crippen molar-refractivity contribution in [3.05, 3.63) is 24.3 Å². The average Bonchev–Trinajstić information content (AvgIpc) is 3.10. The molecule has 36 heavy (non-hydrogen) atoms. The molecular formula is C29H54O5Si2. The van der Waals surface area contributed by atoms with Crippen molar-refractivity contribution in [2.75, 3.05) is 6.61 Å². The Morgan fingerprint density at radius 2 is 1.58 bits per heavy atom. The molecule has 2 rings (SSSR count). The van der Waals surface area contributed by atoms with Crippen molar-refractivity contribution >= 4 is 22.6 Å². The maximum atomic E-state index is 12.8. The van der Waals surface area contributed by atoms with Gasteiger partial charge in [-0.3, -0.25) is 0 Å². The van der Waals surface area contributed by atoms with Gasteiger partial charge in [0.2, 0.25) is 0 Å². The number of aliphatic hydroxyl groups is 1. The highest BCUT2D eigenvalue weighted by Crippen LogP contribution is 2.46. The van der Waals surface area contributed by atoms with Crippen molar-refractivity contribution in [2.24, 2.45) is 11.8 Å². The molecule has 1 fully saturated rings. The lowest BCUT2D eigenvalue weighted by Gasteiger charge is -2.41. The minimum Gasteiger partial charge on any atom is -0.459 e. The summed E-state index contributed by atoms with van der Waals surface area (Å²) in [4.78, 5) is 12.8. The number of esters is 1. The summed E-state index contributed by atoms with van der Waals surface area (Å²) in [6, 6.07) is 0. The molecule has 1 heterocycles. The quantitative estimate of drug-likeness (QED) is 0.217. The molecule has 7 heteroatoms. The van der Waals surface area contributed by atoms with Gasteiger partial charge in [0.25, 0.3) is 0 Å². The van der Waals surface area contributed by atoms with Crippen LogP contribution in [0, 0.1) is 11.8 Å². The Balaban J connectivity index is 2.40. The molecule has 0 aromatic carbocycles. The largest absolute Gasteiger partial charge is 0.459 e. The molecule has 0 aromatic heterocycles. The second-order valence-electron chi connectivity index (χ2n) is 13.9. The van der Waals surface area contributed by atoms with E-state index in [2.05, 4.69) is 79.9 Å². The molecule has 1 N–H and O–H groups in total. The van der Waals surface area contributed by atoms with Crippen LogP contribution in [0.3, 0.4) is 0 Å². The van der Waals surface area contributed by atoms with Crippen molar-refractivity contribution < 1.29 is 23.5 Å². The van der Waals surface area contributed by atoms with E-state index < -0.39 is 16.6 Å². The number of hydrogen-bond acceptors (Lipinski definition) is 5. The molecular weight excluding hydrogens is 484 g/mol. The standard InChI is InChI=1S/C29H54O5Si2/c1-28(2,3)35(7,8)33-24-20-22-14-12-11-13-15-23(18-19-30)32-27(31)17-16-26(25(22)21-24)34-36(9,10)29(4,5)6/h12,14,16-17,22-26,30H,11,13,15,18-21H2,1-10H3/b14-12+,17-16+/t22-,23-,24+,25-,26-/m1/s1. The van der Waals surface area contributed by atoms with Crippen LogP contribution in [0.4, 0.5) is 0 Å². The van der Waals surface area contributed by atoms with E-state index in [1.165, 1.54) is 0 Å². The fourth-order valence-electron chi connectivity index (χ4n) is 4.65. The van der Waals surface area contributed by atoms with Gasteiger partial charge < -0.3 is 18.7 Å². The first-order valence-corrected chi connectivity index (χ1v) is 19.8. The summed E-state index contributed by atoms with van der Waals surface area (Å²) in [5.74, 6) is 0.264. The Bertz CT molecular complexity index is 776. The normalized spacial score (nSPS) is 31.0. The Labute approximate surface area is 223 Å². The van der Waals surface area contributed by atoms with Crippen LogP contribution in [0.5, 0.6) is 0 Å². The van der Waals surface area contributed by atoms with Crippen LogP contribution >= 0.6 is 0 Å². The molecule has 2 aliphatic rings. The van der Waals surface area contributed by atoms with Crippen LogP contribution in [0.1, 0.15) is 80.1 Å². The van der Waals surface area contributed by atoms with Gasteiger partial charge in [0.15, 0.2) is 16.6 Å². The Morgan fingerprint density at radius 1 is 0.972 bits per heavy atom. The van der Waals surface area contributed by atoms with E-state index in [-0.39, 0.29) is 46.9 Å². The molecule has 1 aliphatic heterocycles. The summed E-state index contributed by atoms with van der Waals surface area (Å²) in [6.45, 7) is 22.9. The lowest BCUT2D eigenvalue weighted by molar-refractivity contribution is -0.144. The zero-order valence-electron chi connectivity index (χ0n) is 24.7. The molecule has 0 radical (unpaired) electrons. The van der Waals surface area contributed by atoms with Crippen LogP contribution in [-0.4, -0.2) is 52.6 Å². The fourth-order valence-corrected chi connectivity index (χ4v) is 7.31. The lowest BCUT2D eigenvalue weighted by atomic mass is 9.90. The molecule has 0 saturated heterocycles. The SMILES string of the molecule is CC(C)(C)[Si](C)(C)O[C@@H]1C[C@@H]2[C@H](/C=C/CCC[C@H](CCO)OC(=O)/C=C/[C@H]2O[Si](C)(C)C(C)(C)C)C1. The molecule has 208 valence electrons. The van der Waals surface area contributed by atoms with Crippen LogP contribution in [0.25, 0.3) is 0 Å². The summed E-state index contributed by atoms with van der Waals surface area (Å²) in [7, 11) is -3.99. The van der Waals surface area contributed by atoms with Crippen molar-refractivity contribution in [1.29, 1.82) is 0 Å². The van der Waals surface area contributed by atoms with Gasteiger partial charge in [-0.05, 0) is 86.3 Å². The van der Waals surface area contributed by atoms with E-state index in [0.29, 0.717) is 12.3 Å². The molecule has 0 bridgehead atoms. The maximum absolute atomic E-state index is 12.8. The van der Waals surface area contributed by atoms with Gasteiger partial charge in [0, 0.05) is 25.2 Å². The van der Waals surface area contributed by atoms with Crippen molar-refractivity contribution in [1.82, 2.24) is 0 Å². The first-order valence-electron chi connectivity index (χ1n) is 14.0. The number of carbonyl (C=O) groups is 1. The third kappa shape index (κ3) is 8.65. The predicted molar refractivity (Wildman–Crippen MR) is 154 cm³/mol. The van der Waals surface area contributed by atoms with Crippen molar-refractivity contribution in [3.8, 4) is 0 Å². The van der Waals surface area contributed by atoms with E-state index >= 15 is 0 Å². The van der Waals surface area contributed by atoms with E-state index in [0.717, 1.165) is 32.1 Å². The highest BCUT2D eigenvalue weighted by molar-refractivity contribution is 6.74. The van der Waals surface area contributed by atoms with Gasteiger partial charge in [-0.25, -0.2) is 4.79 Å². The minimum absolute atomic E-state index is 0.0222. The second kappa shape index (κ2) is 12.4. The van der Waals surface area contributed by atoms with Gasteiger partial charge in [0.05, 0.1) is 6.10 Å². The number of rotatable bonds is 6. The summed E-state index contributed by atoms with van der Waals surface area (Å²) in [5, 5.41) is 9.63. The first kappa shape index (κ1) is 31.5. The summed E-state index contributed by atoms with van der Waals surface area (Å²) >= 11 is 0. The molecule has 0 spiro atoms. The topological polar surface area (TPSA) is 65.0 Å². The van der Waals surface area contributed by atoms with Crippen molar-refractivity contribution in [3.63, 3.8) is 0 Å². The number of fused-ring (bicyclic) bond motifs is 1. The lowest BCUT2D eigenvalue weighted by Crippen LogP contribution is -2.46. The average molecular weight is 539 g/mol. The maximum Gasteiger partial charge on any atom is 0.330 e. The molecule has 0 unspecified atom stereocenters. The second-order valence-corrected chi connectivity index (χ2v) is 23.4. The van der Waals surface area contributed by atoms with Gasteiger partial charge in [-0.1, -0.05) is 53.7 Å². The summed E-state index contributed by atoms with van der Waals surface area (Å²) in [5.41, 5.74) is 0. The first-order chi connectivity index (χ1) is 16.5. The fraction of sp³-hybridized carbons (Fsp3) is 0.828. The number of aliphatic hydroxyl groups excluding tert-OH is 1. The number of hydrogen-bond donors (Lipinski definition) is 1. The monoisotopic (exact) mass is 538 g/mol. The highest BCUT2D eigenvalue weighted by atomic mass is 28.4. The Hall–Kier alpha value is -0.736. The molecule has 1 aliphatic carbocycles. The Morgan fingerprint density at radius 3 is 2.17 bits per heavy atom. The van der Waals surface area contributed by atoms with E-state index in [1.54, 1.807) is 6.08 Å². The van der Waals surface area contributed by atoms with E-state index in [4.69, 9.17) is 13.6 Å². The van der Waals surface area contributed by atoms with E-state index in [1.807, 2.05) is 6.08 Å². The highest BCUT2D eigenvalue weighted by Gasteiger charge is 2.46. The molecule has 5 atom stereocenters. The molecule has 5 nitrogen and oxygen atoms in total. The smallest absolute Gasteiger partial charge is 0.330 e. The van der Waals surface area contributed by atoms with Gasteiger partial charge in [-0.15, -0.1) is 0 Å². The third-order valence-electron chi connectivity index (χ3n) is 8.98. The molecule has 0 amide bonds. The van der Waals surface area contributed by atoms with Crippen LogP contribution in [0.15, 0.2) is 24.3 Å². The summed E-state index contributed by atoms with van der Waals surface area (Å²) in [6.07, 6.45) is 13.1. The van der Waals surface area contributed by atoms with Crippen LogP contribution in [0.2, 0.25) is 36.3 Å². The number of ether oxygens (including phenoxy) is 1. The number of allylic oxidation sites excluding steroid dienone is 2. The number of cyclic esters (lactones) is 1. The van der Waals surface area contributed by atoms with Crippen LogP contribution in [-0.2, 0) is 18.4 Å². The zero-order chi connectivity index (χ0) is 27.4. The number of carbonyl (C=O) groups excluding carboxylic acids is 1. The van der Waals surface area contributed by atoms with Gasteiger partial charge in [0.1, 0.15) is 6.10 Å². The minimum atomic E-state index is -2.09. The summed E-state index contributed by atoms with van der Waals surface area (Å²) < 4.78 is 19.6. The van der Waals surface area contributed by atoms with E-state index in [9.17, 15) is 9.90 Å². The van der Waals surface area contributed by atoms with Gasteiger partial charge in [-0.2, -0.15) is 0 Å². The van der Waals surface area contributed by atoms with Crippen LogP contribution < -0.4 is 0 Å². The molecule has 1 saturated carbocycles. The van der Waals surface area contributed by atoms with Crippen molar-refractivity contribution in [2.45, 2.75) is 135 Å². The Kier molecular flexibility index (Phi) is 10.9. The predicted octanol–water partition coefficient (Wildman–Crippen LogP) is 7.38.